The molecule has 2 atom stereocenters. The van der Waals surface area contributed by atoms with Crippen molar-refractivity contribution in [2.45, 2.75) is 24.7 Å². The number of morpholine rings is 1. The van der Waals surface area contributed by atoms with Crippen LogP contribution in [0.4, 0.5) is 18.9 Å². The molecular formula is C28H27ClF3N9O6. The first-order chi connectivity index (χ1) is 22.4. The topological polar surface area (TPSA) is 191 Å². The number of amides is 2. The summed E-state index contributed by atoms with van der Waals surface area (Å²) in [6.45, 7) is 3.12. The fraction of sp³-hybridized carbons (Fsp3) is 0.321. The molecule has 0 radical (unpaired) electrons. The number of imidazole rings is 1. The first-order valence-electron chi connectivity index (χ1n) is 14.1. The third-order valence-electron chi connectivity index (χ3n) is 7.44. The molecule has 4 heterocycles. The van der Waals surface area contributed by atoms with E-state index < -0.39 is 18.2 Å². The summed E-state index contributed by atoms with van der Waals surface area (Å²) in [7, 11) is 0. The number of nitrogens with zero attached hydrogens (tertiary/aromatic N) is 6. The maximum atomic E-state index is 13.6. The van der Waals surface area contributed by atoms with Crippen molar-refractivity contribution in [3.05, 3.63) is 69.9 Å². The summed E-state index contributed by atoms with van der Waals surface area (Å²) in [5.41, 5.74) is 2.71. The van der Waals surface area contributed by atoms with Crippen molar-refractivity contribution in [2.75, 3.05) is 38.2 Å². The Morgan fingerprint density at radius 1 is 1.09 bits per heavy atom. The zero-order valence-electron chi connectivity index (χ0n) is 24.3. The normalized spacial score (nSPS) is 18.7. The van der Waals surface area contributed by atoms with Gasteiger partial charge in [0.1, 0.15) is 12.4 Å². The van der Waals surface area contributed by atoms with Gasteiger partial charge in [-0.25, -0.2) is 9.59 Å². The minimum absolute atomic E-state index is 0.0171. The number of hydrogen-bond acceptors (Lipinski definition) is 9. The van der Waals surface area contributed by atoms with Gasteiger partial charge in [0, 0.05) is 48.0 Å². The quantitative estimate of drug-likeness (QED) is 0.220. The number of carboxylic acid groups (broad SMARTS) is 1. The molecule has 248 valence electrons. The van der Waals surface area contributed by atoms with Crippen LogP contribution in [0.3, 0.4) is 0 Å². The molecule has 0 saturated carbocycles. The number of hydrogen-bond donors (Lipinski definition) is 4. The van der Waals surface area contributed by atoms with Crippen molar-refractivity contribution in [3.8, 4) is 5.69 Å². The number of aliphatic carboxylic acids is 1. The number of tetrazole rings is 1. The van der Waals surface area contributed by atoms with Crippen LogP contribution in [0, 0.1) is 0 Å². The maximum Gasteiger partial charge on any atom is 0.490 e. The molecule has 0 unspecified atom stereocenters. The van der Waals surface area contributed by atoms with E-state index in [1.54, 1.807) is 47.4 Å². The molecule has 0 spiro atoms. The number of halogens is 4. The first kappa shape index (κ1) is 33.3. The van der Waals surface area contributed by atoms with E-state index in [2.05, 4.69) is 35.7 Å². The van der Waals surface area contributed by atoms with E-state index in [0.29, 0.717) is 59.2 Å². The van der Waals surface area contributed by atoms with Crippen molar-refractivity contribution in [2.24, 2.45) is 0 Å². The van der Waals surface area contributed by atoms with Gasteiger partial charge in [0.2, 0.25) is 11.8 Å². The third-order valence-corrected chi connectivity index (χ3v) is 7.68. The largest absolute Gasteiger partial charge is 0.490 e. The van der Waals surface area contributed by atoms with Crippen molar-refractivity contribution in [1.29, 1.82) is 0 Å². The van der Waals surface area contributed by atoms with Crippen LogP contribution in [0.5, 0.6) is 0 Å². The van der Waals surface area contributed by atoms with Crippen molar-refractivity contribution >= 4 is 52.2 Å². The molecule has 2 saturated heterocycles. The predicted molar refractivity (Wildman–Crippen MR) is 161 cm³/mol. The van der Waals surface area contributed by atoms with Gasteiger partial charge in [-0.3, -0.25) is 14.5 Å². The van der Waals surface area contributed by atoms with Crippen LogP contribution in [-0.4, -0.2) is 114 Å². The second-order valence-corrected chi connectivity index (χ2v) is 10.9. The summed E-state index contributed by atoms with van der Waals surface area (Å²) in [5, 5.41) is 21.8. The summed E-state index contributed by atoms with van der Waals surface area (Å²) in [6, 6.07) is 9.63. The zero-order valence-corrected chi connectivity index (χ0v) is 25.0. The molecule has 2 amide bonds. The third kappa shape index (κ3) is 8.21. The van der Waals surface area contributed by atoms with E-state index in [1.807, 2.05) is 0 Å². The Balaban J connectivity index is 0.000000559. The molecular weight excluding hydrogens is 651 g/mol. The van der Waals surface area contributed by atoms with Crippen LogP contribution >= 0.6 is 11.6 Å². The predicted octanol–water partition coefficient (Wildman–Crippen LogP) is 2.07. The van der Waals surface area contributed by atoms with Crippen molar-refractivity contribution in [3.63, 3.8) is 0 Å². The molecule has 6 rings (SSSR count). The van der Waals surface area contributed by atoms with Gasteiger partial charge in [0.15, 0.2) is 0 Å². The minimum atomic E-state index is -5.08. The molecule has 2 fully saturated rings. The lowest BCUT2D eigenvalue weighted by Gasteiger charge is -2.31. The lowest BCUT2D eigenvalue weighted by molar-refractivity contribution is -0.192. The number of aromatic nitrogens is 6. The van der Waals surface area contributed by atoms with Crippen molar-refractivity contribution < 1.29 is 37.4 Å². The summed E-state index contributed by atoms with van der Waals surface area (Å²) in [5.74, 6) is -3.36. The van der Waals surface area contributed by atoms with E-state index in [9.17, 15) is 27.6 Å². The number of ether oxygens (including phenoxy) is 1. The SMILES string of the molecule is O=C(Nc1ccc2[nH]c(=O)[nH]c2c1)[C@@H]1C[C@H](N2CCOCC2)CN1C(=O)C=Cc1cc(Cl)ccc1-n1cnnn1.O=C(O)C(F)(F)F. The van der Waals surface area contributed by atoms with E-state index >= 15 is 0 Å². The van der Waals surface area contributed by atoms with E-state index in [1.165, 1.54) is 17.1 Å². The lowest BCUT2D eigenvalue weighted by Crippen LogP contribution is -2.45. The molecule has 0 aliphatic carbocycles. The summed E-state index contributed by atoms with van der Waals surface area (Å²) < 4.78 is 38.7. The van der Waals surface area contributed by atoms with Gasteiger partial charge in [0.05, 0.1) is 29.9 Å². The van der Waals surface area contributed by atoms with Crippen LogP contribution in [-0.2, 0) is 19.1 Å². The first-order valence-corrected chi connectivity index (χ1v) is 14.4. The van der Waals surface area contributed by atoms with Gasteiger partial charge < -0.3 is 30.0 Å². The summed E-state index contributed by atoms with van der Waals surface area (Å²) in [4.78, 5) is 56.9. The Bertz CT molecular complexity index is 1840. The van der Waals surface area contributed by atoms with Gasteiger partial charge in [-0.05, 0) is 59.3 Å². The second kappa shape index (κ2) is 14.1. The Morgan fingerprint density at radius 2 is 1.81 bits per heavy atom. The molecule has 47 heavy (non-hydrogen) atoms. The Kier molecular flexibility index (Phi) is 10.0. The Labute approximate surface area is 267 Å². The number of alkyl halides is 3. The molecule has 15 nitrogen and oxygen atoms in total. The number of H-pyrrole nitrogens is 2. The smallest absolute Gasteiger partial charge is 0.475 e. The molecule has 2 aliphatic rings. The van der Waals surface area contributed by atoms with Crippen LogP contribution in [0.1, 0.15) is 12.0 Å². The fourth-order valence-electron chi connectivity index (χ4n) is 5.24. The molecule has 2 aromatic carbocycles. The molecule has 2 aromatic heterocycles. The number of fused-ring (bicyclic) bond motifs is 1. The molecule has 0 bridgehead atoms. The number of aromatic amines is 2. The van der Waals surface area contributed by atoms with Gasteiger partial charge >= 0.3 is 17.8 Å². The van der Waals surface area contributed by atoms with Crippen molar-refractivity contribution in [1.82, 2.24) is 40.0 Å². The van der Waals surface area contributed by atoms with Gasteiger partial charge in [-0.15, -0.1) is 5.10 Å². The van der Waals surface area contributed by atoms with Gasteiger partial charge in [-0.2, -0.15) is 17.9 Å². The lowest BCUT2D eigenvalue weighted by atomic mass is 10.1. The average molecular weight is 678 g/mol. The average Bonchev–Trinajstić information content (AvgIpc) is 3.80. The van der Waals surface area contributed by atoms with Crippen LogP contribution < -0.4 is 11.0 Å². The highest BCUT2D eigenvalue weighted by molar-refractivity contribution is 6.30. The van der Waals surface area contributed by atoms with Crippen LogP contribution in [0.25, 0.3) is 22.8 Å². The number of anilines is 1. The van der Waals surface area contributed by atoms with Crippen LogP contribution in [0.2, 0.25) is 5.02 Å². The van der Waals surface area contributed by atoms with Gasteiger partial charge in [-0.1, -0.05) is 11.6 Å². The van der Waals surface area contributed by atoms with E-state index in [0.717, 1.165) is 13.1 Å². The standard InChI is InChI=1S/C26H26ClN9O4.C2HF3O2/c27-17-2-5-22(36-15-28-32-33-36)16(11-17)1-6-24(37)35-14-19(34-7-9-40-10-8-34)13-23(35)25(38)29-18-3-4-20-21(12-18)31-26(39)30-20;3-2(4,5)1(6)7/h1-6,11-12,15,19,23H,7-10,13-14H2,(H,29,38)(H2,30,31,39);(H,6,7)/t19-,23-;/m0./s1. The Morgan fingerprint density at radius 3 is 2.49 bits per heavy atom. The molecule has 4 aromatic rings. The maximum absolute atomic E-state index is 13.6. The molecule has 19 heteroatoms. The molecule has 4 N–H and O–H groups in total. The molecule has 2 aliphatic heterocycles. The summed E-state index contributed by atoms with van der Waals surface area (Å²) >= 11 is 6.22. The minimum Gasteiger partial charge on any atom is -0.475 e. The summed E-state index contributed by atoms with van der Waals surface area (Å²) in [6.07, 6.45) is -0.0468. The zero-order chi connectivity index (χ0) is 33.7. The number of rotatable bonds is 6. The second-order valence-electron chi connectivity index (χ2n) is 10.5. The van der Waals surface area contributed by atoms with Crippen LogP contribution in [0.15, 0.2) is 53.6 Å². The highest BCUT2D eigenvalue weighted by atomic mass is 35.5. The monoisotopic (exact) mass is 677 g/mol. The van der Waals surface area contributed by atoms with E-state index in [4.69, 9.17) is 26.2 Å². The number of carbonyl (C=O) groups is 3. The number of carbonyl (C=O) groups excluding carboxylic acids is 2. The number of benzene rings is 2. The highest BCUT2D eigenvalue weighted by Gasteiger charge is 2.41. The number of carboxylic acids is 1. The van der Waals surface area contributed by atoms with E-state index in [-0.39, 0.29) is 23.5 Å². The number of likely N-dealkylation sites (tertiary alicyclic amines) is 1. The fourth-order valence-corrected chi connectivity index (χ4v) is 5.43. The number of nitrogens with one attached hydrogen (secondary N) is 3. The van der Waals surface area contributed by atoms with Gasteiger partial charge in [0.25, 0.3) is 0 Å². The highest BCUT2D eigenvalue weighted by Crippen LogP contribution is 2.27. The Hall–Kier alpha value is -5.07.